The number of aliphatic hydroxyl groups excluding tert-OH is 2. The van der Waals surface area contributed by atoms with Gasteiger partial charge in [0.15, 0.2) is 11.9 Å². The number of pyridine rings is 1. The summed E-state index contributed by atoms with van der Waals surface area (Å²) in [5.41, 5.74) is 7.35. The number of anilines is 1. The van der Waals surface area contributed by atoms with Crippen LogP contribution in [0.15, 0.2) is 18.6 Å². The number of rotatable bonds is 3. The van der Waals surface area contributed by atoms with E-state index < -0.39 is 24.5 Å². The topological polar surface area (TPSA) is 116 Å². The molecule has 0 aliphatic carbocycles. The Morgan fingerprint density at radius 1 is 1.40 bits per heavy atom. The van der Waals surface area contributed by atoms with Crippen molar-refractivity contribution < 1.29 is 19.7 Å². The van der Waals surface area contributed by atoms with Crippen molar-refractivity contribution in [1.82, 2.24) is 14.5 Å². The highest BCUT2D eigenvalue weighted by molar-refractivity contribution is 5.83. The normalized spacial score (nSPS) is 30.1. The van der Waals surface area contributed by atoms with Gasteiger partial charge >= 0.3 is 0 Å². The fourth-order valence-electron chi connectivity index (χ4n) is 2.40. The summed E-state index contributed by atoms with van der Waals surface area (Å²) in [7, 11) is 1.50. The number of aliphatic hydroxyl groups is 2. The molecular weight excluding hydrogens is 264 g/mol. The molecule has 1 aliphatic rings. The van der Waals surface area contributed by atoms with Crippen LogP contribution in [0.4, 0.5) is 5.69 Å². The van der Waals surface area contributed by atoms with Crippen molar-refractivity contribution in [2.75, 3.05) is 19.5 Å². The maximum atomic E-state index is 10.1. The molecule has 0 aromatic carbocycles. The number of ether oxygens (including phenoxy) is 2. The van der Waals surface area contributed by atoms with Gasteiger partial charge in [-0.3, -0.25) is 4.57 Å². The molecule has 1 saturated heterocycles. The van der Waals surface area contributed by atoms with Crippen molar-refractivity contribution in [3.8, 4) is 0 Å². The summed E-state index contributed by atoms with van der Waals surface area (Å²) in [5.74, 6) is 0. The van der Waals surface area contributed by atoms with Gasteiger partial charge in [-0.1, -0.05) is 0 Å². The number of nitrogens with two attached hydrogens (primary N) is 1. The third-order valence-electron chi connectivity index (χ3n) is 3.43. The van der Waals surface area contributed by atoms with E-state index in [9.17, 15) is 10.2 Å². The number of nitrogen functional groups attached to an aromatic ring is 1. The molecular formula is C12H16N4O4. The molecule has 0 radical (unpaired) electrons. The molecule has 1 fully saturated rings. The molecule has 0 bridgehead atoms. The van der Waals surface area contributed by atoms with Crippen LogP contribution in [0.5, 0.6) is 0 Å². The molecule has 8 nitrogen and oxygen atoms in total. The number of methoxy groups -OCH3 is 1. The Balaban J connectivity index is 1.97. The number of nitrogens with zero attached hydrogens (tertiary/aromatic N) is 3. The fraction of sp³-hybridized carbons (Fsp3) is 0.500. The molecule has 20 heavy (non-hydrogen) atoms. The second-order valence-electron chi connectivity index (χ2n) is 4.73. The molecule has 1 aliphatic heterocycles. The maximum absolute atomic E-state index is 10.1. The van der Waals surface area contributed by atoms with Crippen LogP contribution in [0.1, 0.15) is 6.23 Å². The molecule has 0 amide bonds. The lowest BCUT2D eigenvalue weighted by Crippen LogP contribution is -2.33. The van der Waals surface area contributed by atoms with Crippen molar-refractivity contribution in [2.45, 2.75) is 24.5 Å². The largest absolute Gasteiger partial charge is 0.397 e. The number of hydrogen-bond donors (Lipinski definition) is 3. The standard InChI is InChI=1S/C12H16N4O4/c1-19-4-7-9(17)10(18)12(20-7)16-5-15-8-6(13)2-3-14-11(8)16/h2-3,5,7,9-10,12,17-18H,4H2,1H3,(H2,13,14)/t7-,9-,10+,12-/m1/s1. The van der Waals surface area contributed by atoms with Gasteiger partial charge in [0, 0.05) is 13.3 Å². The predicted molar refractivity (Wildman–Crippen MR) is 69.7 cm³/mol. The Hall–Kier alpha value is -1.74. The molecule has 0 saturated carbocycles. The minimum atomic E-state index is -1.09. The van der Waals surface area contributed by atoms with E-state index >= 15 is 0 Å². The van der Waals surface area contributed by atoms with E-state index in [1.54, 1.807) is 16.8 Å². The van der Waals surface area contributed by atoms with E-state index in [1.165, 1.54) is 13.4 Å². The first-order chi connectivity index (χ1) is 9.63. The molecule has 3 rings (SSSR count). The highest BCUT2D eigenvalue weighted by atomic mass is 16.6. The van der Waals surface area contributed by atoms with Gasteiger partial charge in [-0.15, -0.1) is 0 Å². The summed E-state index contributed by atoms with van der Waals surface area (Å²) in [6.45, 7) is 0.191. The van der Waals surface area contributed by atoms with Crippen LogP contribution >= 0.6 is 0 Å². The van der Waals surface area contributed by atoms with Crippen molar-refractivity contribution in [3.05, 3.63) is 18.6 Å². The second kappa shape index (κ2) is 4.98. The quantitative estimate of drug-likeness (QED) is 0.679. The predicted octanol–water partition coefficient (Wildman–Crippen LogP) is -0.721. The minimum Gasteiger partial charge on any atom is -0.397 e. The second-order valence-corrected chi connectivity index (χ2v) is 4.73. The van der Waals surface area contributed by atoms with Crippen LogP contribution in [0.25, 0.3) is 11.2 Å². The summed E-state index contributed by atoms with van der Waals surface area (Å²) in [6.07, 6.45) is -0.443. The summed E-state index contributed by atoms with van der Waals surface area (Å²) in [6, 6.07) is 1.65. The number of hydrogen-bond acceptors (Lipinski definition) is 7. The Morgan fingerprint density at radius 2 is 2.20 bits per heavy atom. The van der Waals surface area contributed by atoms with Crippen molar-refractivity contribution >= 4 is 16.9 Å². The first kappa shape index (κ1) is 13.3. The van der Waals surface area contributed by atoms with Crippen molar-refractivity contribution in [3.63, 3.8) is 0 Å². The minimum absolute atomic E-state index is 0.191. The van der Waals surface area contributed by atoms with Crippen LogP contribution in [-0.2, 0) is 9.47 Å². The van der Waals surface area contributed by atoms with E-state index in [1.807, 2.05) is 0 Å². The van der Waals surface area contributed by atoms with E-state index in [0.29, 0.717) is 16.9 Å². The summed E-state index contributed by atoms with van der Waals surface area (Å²) < 4.78 is 12.2. The number of imidazole rings is 1. The number of fused-ring (bicyclic) bond motifs is 1. The molecule has 4 atom stereocenters. The zero-order valence-corrected chi connectivity index (χ0v) is 10.9. The molecule has 108 valence electrons. The molecule has 0 spiro atoms. The van der Waals surface area contributed by atoms with Gasteiger partial charge < -0.3 is 25.4 Å². The molecule has 0 unspecified atom stereocenters. The summed E-state index contributed by atoms with van der Waals surface area (Å²) >= 11 is 0. The molecule has 2 aromatic heterocycles. The zero-order valence-electron chi connectivity index (χ0n) is 10.9. The molecule has 4 N–H and O–H groups in total. The Kier molecular flexibility index (Phi) is 3.30. The molecule has 3 heterocycles. The average molecular weight is 280 g/mol. The van der Waals surface area contributed by atoms with Gasteiger partial charge in [0.25, 0.3) is 0 Å². The summed E-state index contributed by atoms with van der Waals surface area (Å²) in [5, 5.41) is 20.1. The summed E-state index contributed by atoms with van der Waals surface area (Å²) in [4.78, 5) is 8.36. The van der Waals surface area contributed by atoms with Crippen LogP contribution in [-0.4, -0.2) is 56.8 Å². The highest BCUT2D eigenvalue weighted by Crippen LogP contribution is 2.32. The molecule has 8 heteroatoms. The van der Waals surface area contributed by atoms with Crippen LogP contribution in [0, 0.1) is 0 Å². The van der Waals surface area contributed by atoms with E-state index in [-0.39, 0.29) is 6.61 Å². The van der Waals surface area contributed by atoms with Crippen LogP contribution in [0.2, 0.25) is 0 Å². The first-order valence-corrected chi connectivity index (χ1v) is 6.21. The third kappa shape index (κ3) is 1.93. The van der Waals surface area contributed by atoms with Gasteiger partial charge in [-0.2, -0.15) is 0 Å². The average Bonchev–Trinajstić information content (AvgIpc) is 2.97. The van der Waals surface area contributed by atoms with Crippen molar-refractivity contribution in [1.29, 1.82) is 0 Å². The smallest absolute Gasteiger partial charge is 0.165 e. The van der Waals surface area contributed by atoms with E-state index in [0.717, 1.165) is 0 Å². The van der Waals surface area contributed by atoms with Crippen LogP contribution < -0.4 is 5.73 Å². The lowest BCUT2D eigenvalue weighted by atomic mass is 10.1. The first-order valence-electron chi connectivity index (χ1n) is 6.21. The van der Waals surface area contributed by atoms with Gasteiger partial charge in [0.05, 0.1) is 18.6 Å². The third-order valence-corrected chi connectivity index (χ3v) is 3.43. The monoisotopic (exact) mass is 280 g/mol. The Bertz CT molecular complexity index is 617. The van der Waals surface area contributed by atoms with E-state index in [4.69, 9.17) is 15.2 Å². The lowest BCUT2D eigenvalue weighted by Gasteiger charge is -2.16. The molecule has 2 aromatic rings. The lowest BCUT2D eigenvalue weighted by molar-refractivity contribution is -0.0580. The van der Waals surface area contributed by atoms with Crippen LogP contribution in [0.3, 0.4) is 0 Å². The van der Waals surface area contributed by atoms with E-state index in [2.05, 4.69) is 9.97 Å². The maximum Gasteiger partial charge on any atom is 0.165 e. The van der Waals surface area contributed by atoms with Gasteiger partial charge in [0.1, 0.15) is 23.8 Å². The Labute approximate surface area is 114 Å². The fourth-order valence-corrected chi connectivity index (χ4v) is 2.40. The highest BCUT2D eigenvalue weighted by Gasteiger charge is 2.44. The zero-order chi connectivity index (χ0) is 14.3. The SMILES string of the molecule is COC[C@H]1O[C@@H](n2cnc3c(N)ccnc32)[C@@H](O)[C@@H]1O. The van der Waals surface area contributed by atoms with Crippen molar-refractivity contribution in [2.24, 2.45) is 0 Å². The Morgan fingerprint density at radius 3 is 2.95 bits per heavy atom. The number of aromatic nitrogens is 3. The van der Waals surface area contributed by atoms with Gasteiger partial charge in [0.2, 0.25) is 0 Å². The van der Waals surface area contributed by atoms with Gasteiger partial charge in [-0.25, -0.2) is 9.97 Å². The van der Waals surface area contributed by atoms with Gasteiger partial charge in [-0.05, 0) is 6.07 Å².